The van der Waals surface area contributed by atoms with E-state index in [0.29, 0.717) is 19.6 Å². The average Bonchev–Trinajstić information content (AvgIpc) is 2.67. The first kappa shape index (κ1) is 26.2. The summed E-state index contributed by atoms with van der Waals surface area (Å²) < 4.78 is 13.8. The maximum absolute atomic E-state index is 13.8. The van der Waals surface area contributed by atoms with Gasteiger partial charge in [-0.15, -0.1) is 0 Å². The van der Waals surface area contributed by atoms with Gasteiger partial charge in [-0.25, -0.2) is 10.2 Å². The number of hydrazine groups is 1. The highest BCUT2D eigenvalue weighted by atomic mass is 19.1. The number of nitrogens with two attached hydrogens (primary N) is 2. The fourth-order valence-electron chi connectivity index (χ4n) is 2.35. The molecule has 8 N–H and O–H groups in total. The Hall–Kier alpha value is -1.78. The summed E-state index contributed by atoms with van der Waals surface area (Å²) in [5, 5.41) is 8.17. The quantitative estimate of drug-likeness (QED) is 0.0463. The highest BCUT2D eigenvalue weighted by Gasteiger charge is 2.24. The molecule has 2 amide bonds. The molecule has 28 heavy (non-hydrogen) atoms. The molecule has 0 aliphatic carbocycles. The number of halogens is 1. The summed E-state index contributed by atoms with van der Waals surface area (Å²) in [6.45, 7) is 5.03. The third-order valence-electron chi connectivity index (χ3n) is 4.00. The van der Waals surface area contributed by atoms with Gasteiger partial charge in [-0.3, -0.25) is 14.6 Å². The van der Waals surface area contributed by atoms with E-state index in [1.54, 1.807) is 0 Å². The van der Waals surface area contributed by atoms with Gasteiger partial charge in [-0.05, 0) is 52.1 Å². The van der Waals surface area contributed by atoms with Crippen LogP contribution in [0.25, 0.3) is 0 Å². The number of unbranched alkanes of at least 4 members (excludes halogenated alkanes) is 4. The molecule has 0 aromatic heterocycles. The van der Waals surface area contributed by atoms with Gasteiger partial charge >= 0.3 is 0 Å². The molecule has 0 aliphatic heterocycles. The van der Waals surface area contributed by atoms with E-state index >= 15 is 0 Å². The second-order valence-corrected chi connectivity index (χ2v) is 6.78. The molecule has 0 aliphatic rings. The molecular weight excluding hydrogens is 365 g/mol. The second kappa shape index (κ2) is 18.6. The molecule has 164 valence electrons. The number of amides is 2. The summed E-state index contributed by atoms with van der Waals surface area (Å²) in [5.74, 6) is 3.28. The Morgan fingerprint density at radius 2 is 1.54 bits per heavy atom. The Morgan fingerprint density at radius 3 is 2.14 bits per heavy atom. The van der Waals surface area contributed by atoms with E-state index in [1.807, 2.05) is 6.92 Å². The van der Waals surface area contributed by atoms with Crippen molar-refractivity contribution in [2.24, 2.45) is 16.6 Å². The number of alkyl halides is 1. The van der Waals surface area contributed by atoms with E-state index in [9.17, 15) is 14.0 Å². The van der Waals surface area contributed by atoms with Crippen molar-refractivity contribution in [3.05, 3.63) is 0 Å². The SMILES string of the molecule is CC(N)CCNCCCCNC(=O)C(F)C(=O)NCCCCCCN=CNN. The smallest absolute Gasteiger partial charge is 0.264 e. The maximum Gasteiger partial charge on any atom is 0.264 e. The van der Waals surface area contributed by atoms with Crippen molar-refractivity contribution in [2.45, 2.75) is 64.1 Å². The zero-order chi connectivity index (χ0) is 21.0. The van der Waals surface area contributed by atoms with Crippen LogP contribution in [0.15, 0.2) is 4.99 Å². The highest BCUT2D eigenvalue weighted by Crippen LogP contribution is 2.00. The lowest BCUT2D eigenvalue weighted by Crippen LogP contribution is -2.43. The Kier molecular flexibility index (Phi) is 17.4. The van der Waals surface area contributed by atoms with Gasteiger partial charge in [0.1, 0.15) is 0 Å². The van der Waals surface area contributed by atoms with Crippen molar-refractivity contribution in [3.63, 3.8) is 0 Å². The van der Waals surface area contributed by atoms with Crippen LogP contribution in [0.2, 0.25) is 0 Å². The summed E-state index contributed by atoms with van der Waals surface area (Å²) in [4.78, 5) is 27.3. The molecule has 0 heterocycles. The van der Waals surface area contributed by atoms with E-state index in [4.69, 9.17) is 11.6 Å². The number of rotatable bonds is 18. The van der Waals surface area contributed by atoms with Gasteiger partial charge in [0.25, 0.3) is 18.0 Å². The van der Waals surface area contributed by atoms with Gasteiger partial charge in [0, 0.05) is 25.7 Å². The van der Waals surface area contributed by atoms with Crippen LogP contribution >= 0.6 is 0 Å². The molecule has 0 radical (unpaired) electrons. The van der Waals surface area contributed by atoms with Crippen LogP contribution in [-0.4, -0.2) is 63.1 Å². The molecule has 0 saturated heterocycles. The second-order valence-electron chi connectivity index (χ2n) is 6.78. The van der Waals surface area contributed by atoms with Gasteiger partial charge in [-0.1, -0.05) is 12.8 Å². The Balaban J connectivity index is 3.58. The number of hydrogen-bond acceptors (Lipinski definition) is 6. The van der Waals surface area contributed by atoms with Gasteiger partial charge in [-0.2, -0.15) is 0 Å². The lowest BCUT2D eigenvalue weighted by Gasteiger charge is -2.11. The summed E-state index contributed by atoms with van der Waals surface area (Å²) in [6, 6.07) is 0.179. The fraction of sp³-hybridized carbons (Fsp3) is 0.833. The van der Waals surface area contributed by atoms with Crippen LogP contribution in [0.5, 0.6) is 0 Å². The number of carbonyl (C=O) groups excluding carboxylic acids is 2. The van der Waals surface area contributed by atoms with Crippen molar-refractivity contribution < 1.29 is 14.0 Å². The van der Waals surface area contributed by atoms with Crippen LogP contribution in [-0.2, 0) is 9.59 Å². The molecule has 2 atom stereocenters. The molecule has 0 bridgehead atoms. The van der Waals surface area contributed by atoms with Crippen LogP contribution in [0.1, 0.15) is 51.9 Å². The number of nitrogens with one attached hydrogen (secondary N) is 4. The Labute approximate surface area is 167 Å². The van der Waals surface area contributed by atoms with E-state index in [2.05, 4.69) is 26.4 Å². The van der Waals surface area contributed by atoms with Crippen LogP contribution in [0.3, 0.4) is 0 Å². The van der Waals surface area contributed by atoms with E-state index < -0.39 is 18.0 Å². The standard InChI is InChI=1S/C18H38FN7O2/c1-15(20)8-13-22-9-6-7-12-25-18(28)16(19)17(27)24-11-5-3-2-4-10-23-14-26-21/h14-16,22H,2-13,20-21H2,1H3,(H,23,26)(H,24,27)(H,25,28). The van der Waals surface area contributed by atoms with Crippen molar-refractivity contribution in [3.8, 4) is 0 Å². The molecule has 0 rings (SSSR count). The minimum absolute atomic E-state index is 0.179. The molecule has 0 saturated carbocycles. The first-order chi connectivity index (χ1) is 13.5. The number of hydrogen-bond donors (Lipinski definition) is 6. The van der Waals surface area contributed by atoms with Crippen molar-refractivity contribution in [2.75, 3.05) is 32.7 Å². The monoisotopic (exact) mass is 403 g/mol. The van der Waals surface area contributed by atoms with E-state index in [0.717, 1.165) is 58.0 Å². The van der Waals surface area contributed by atoms with Crippen LogP contribution in [0, 0.1) is 0 Å². The van der Waals surface area contributed by atoms with Crippen LogP contribution in [0.4, 0.5) is 4.39 Å². The Bertz CT molecular complexity index is 436. The summed E-state index contributed by atoms with van der Waals surface area (Å²) in [6.07, 6.45) is 5.26. The van der Waals surface area contributed by atoms with Gasteiger partial charge in [0.2, 0.25) is 0 Å². The summed E-state index contributed by atoms with van der Waals surface area (Å²) >= 11 is 0. The summed E-state index contributed by atoms with van der Waals surface area (Å²) in [5.41, 5.74) is 7.97. The topological polar surface area (TPSA) is 147 Å². The molecular formula is C18H38FN7O2. The van der Waals surface area contributed by atoms with Gasteiger partial charge < -0.3 is 27.1 Å². The minimum atomic E-state index is -2.16. The first-order valence-electron chi connectivity index (χ1n) is 10.1. The average molecular weight is 404 g/mol. The zero-order valence-electron chi connectivity index (χ0n) is 17.0. The van der Waals surface area contributed by atoms with E-state index in [-0.39, 0.29) is 6.04 Å². The minimum Gasteiger partial charge on any atom is -0.353 e. The molecule has 0 aromatic rings. The number of carbonyl (C=O) groups is 2. The van der Waals surface area contributed by atoms with Crippen molar-refractivity contribution >= 4 is 18.2 Å². The lowest BCUT2D eigenvalue weighted by atomic mass is 10.2. The lowest BCUT2D eigenvalue weighted by molar-refractivity contribution is -0.136. The van der Waals surface area contributed by atoms with E-state index in [1.165, 1.54) is 6.34 Å². The summed E-state index contributed by atoms with van der Waals surface area (Å²) in [7, 11) is 0. The Morgan fingerprint density at radius 1 is 0.964 bits per heavy atom. The molecule has 0 spiro atoms. The fourth-order valence-corrected chi connectivity index (χ4v) is 2.35. The van der Waals surface area contributed by atoms with Gasteiger partial charge in [0.05, 0.1) is 6.34 Å². The zero-order valence-corrected chi connectivity index (χ0v) is 17.0. The molecule has 9 nitrogen and oxygen atoms in total. The largest absolute Gasteiger partial charge is 0.353 e. The van der Waals surface area contributed by atoms with Crippen LogP contribution < -0.4 is 33.0 Å². The predicted molar refractivity (Wildman–Crippen MR) is 110 cm³/mol. The maximum atomic E-state index is 13.8. The third kappa shape index (κ3) is 16.4. The number of nitrogens with zero attached hydrogens (tertiary/aromatic N) is 1. The van der Waals surface area contributed by atoms with Crippen molar-refractivity contribution in [1.29, 1.82) is 0 Å². The van der Waals surface area contributed by atoms with Gasteiger partial charge in [0.15, 0.2) is 0 Å². The molecule has 0 aromatic carbocycles. The normalized spacial score (nSPS) is 13.3. The predicted octanol–water partition coefficient (Wildman–Crippen LogP) is -0.284. The van der Waals surface area contributed by atoms with Crippen molar-refractivity contribution in [1.82, 2.24) is 21.4 Å². The molecule has 10 heteroatoms. The highest BCUT2D eigenvalue weighted by molar-refractivity contribution is 6.03. The molecule has 0 fully saturated rings. The first-order valence-corrected chi connectivity index (χ1v) is 10.1. The third-order valence-corrected chi connectivity index (χ3v) is 4.00. The number of aliphatic imine (C=N–C) groups is 1. The molecule has 2 unspecified atom stereocenters.